The molecule has 2 aliphatic carbocycles. The van der Waals surface area contributed by atoms with Crippen LogP contribution in [0.5, 0.6) is 0 Å². The van der Waals surface area contributed by atoms with Gasteiger partial charge in [0.1, 0.15) is 5.60 Å². The Labute approximate surface area is 92.5 Å². The molecule has 2 nitrogen and oxygen atoms in total. The van der Waals surface area contributed by atoms with Crippen LogP contribution in [0.2, 0.25) is 0 Å². The van der Waals surface area contributed by atoms with Gasteiger partial charge in [0.05, 0.1) is 22.6 Å². The summed E-state index contributed by atoms with van der Waals surface area (Å²) in [7, 11) is 0. The Hall–Kier alpha value is 0.200. The van der Waals surface area contributed by atoms with E-state index in [9.17, 15) is 4.79 Å². The summed E-state index contributed by atoms with van der Waals surface area (Å²) in [6, 6.07) is 0. The molecule has 3 atom stereocenters. The Morgan fingerprint density at radius 2 is 2.38 bits per heavy atom. The molecule has 0 aliphatic heterocycles. The van der Waals surface area contributed by atoms with Gasteiger partial charge in [-0.15, -0.1) is 0 Å². The lowest BCUT2D eigenvalue weighted by Gasteiger charge is -2.35. The molecule has 2 saturated carbocycles. The van der Waals surface area contributed by atoms with E-state index in [0.29, 0.717) is 5.92 Å². The molecule has 2 rings (SSSR count). The van der Waals surface area contributed by atoms with Gasteiger partial charge in [0.2, 0.25) is 0 Å². The number of carbonyl (C=O) groups excluding carboxylic acids is 1. The Morgan fingerprint density at radius 1 is 1.62 bits per heavy atom. The first-order valence-electron chi connectivity index (χ1n) is 5.05. The van der Waals surface area contributed by atoms with E-state index >= 15 is 0 Å². The summed E-state index contributed by atoms with van der Waals surface area (Å²) in [5.41, 5.74) is -0.0822. The summed E-state index contributed by atoms with van der Waals surface area (Å²) in [5, 5.41) is 0. The van der Waals surface area contributed by atoms with Crippen molar-refractivity contribution in [3.8, 4) is 0 Å². The van der Waals surface area contributed by atoms with Crippen molar-refractivity contribution in [2.24, 2.45) is 11.8 Å². The highest BCUT2D eigenvalue weighted by Crippen LogP contribution is 2.54. The van der Waals surface area contributed by atoms with Crippen molar-refractivity contribution in [1.29, 1.82) is 0 Å². The fourth-order valence-corrected chi connectivity index (χ4v) is 3.62. The van der Waals surface area contributed by atoms with Crippen LogP contribution in [0.3, 0.4) is 0 Å². The van der Waals surface area contributed by atoms with Crippen molar-refractivity contribution in [2.75, 3.05) is 0 Å². The maximum Gasteiger partial charge on any atom is 0.367 e. The quantitative estimate of drug-likeness (QED) is 0.575. The zero-order valence-corrected chi connectivity index (χ0v) is 10.0. The van der Waals surface area contributed by atoms with Crippen molar-refractivity contribution in [2.45, 2.75) is 44.6 Å². The standard InChI is InChI=1S/C10H15IO2/c1-2-10(13-9(11)12)6-7-3-4-8(10)5-7/h7-8H,2-6H2,1H3. The first-order valence-corrected chi connectivity index (χ1v) is 6.12. The van der Waals surface area contributed by atoms with E-state index in [1.807, 2.05) is 0 Å². The van der Waals surface area contributed by atoms with Crippen molar-refractivity contribution in [3.63, 3.8) is 0 Å². The van der Waals surface area contributed by atoms with E-state index in [2.05, 4.69) is 6.92 Å². The van der Waals surface area contributed by atoms with Gasteiger partial charge >= 0.3 is 3.98 Å². The van der Waals surface area contributed by atoms with Gasteiger partial charge in [-0.05, 0) is 43.9 Å². The molecule has 13 heavy (non-hydrogen) atoms. The molecule has 0 radical (unpaired) electrons. The van der Waals surface area contributed by atoms with Gasteiger partial charge in [-0.3, -0.25) is 0 Å². The summed E-state index contributed by atoms with van der Waals surface area (Å²) in [4.78, 5) is 11.0. The van der Waals surface area contributed by atoms with Crippen LogP contribution in [0.4, 0.5) is 4.79 Å². The summed E-state index contributed by atoms with van der Waals surface area (Å²) < 4.78 is 5.40. The van der Waals surface area contributed by atoms with Crippen molar-refractivity contribution in [3.05, 3.63) is 0 Å². The molecule has 0 saturated heterocycles. The first kappa shape index (κ1) is 9.74. The molecule has 0 aromatic rings. The first-order chi connectivity index (χ1) is 6.16. The van der Waals surface area contributed by atoms with Gasteiger partial charge < -0.3 is 4.74 Å². The van der Waals surface area contributed by atoms with Crippen LogP contribution in [0.1, 0.15) is 39.0 Å². The van der Waals surface area contributed by atoms with Crippen LogP contribution in [-0.2, 0) is 4.74 Å². The van der Waals surface area contributed by atoms with Crippen LogP contribution in [-0.4, -0.2) is 9.58 Å². The third-order valence-corrected chi connectivity index (χ3v) is 4.02. The summed E-state index contributed by atoms with van der Waals surface area (Å²) in [6.45, 7) is 2.14. The van der Waals surface area contributed by atoms with Crippen LogP contribution in [0.25, 0.3) is 0 Å². The second kappa shape index (κ2) is 3.41. The number of fused-ring (bicyclic) bond motifs is 2. The van der Waals surface area contributed by atoms with Crippen LogP contribution >= 0.6 is 22.6 Å². The molecule has 3 unspecified atom stereocenters. The van der Waals surface area contributed by atoms with Gasteiger partial charge in [-0.1, -0.05) is 6.92 Å². The Morgan fingerprint density at radius 3 is 2.77 bits per heavy atom. The van der Waals surface area contributed by atoms with Crippen LogP contribution in [0.15, 0.2) is 0 Å². The van der Waals surface area contributed by atoms with Crippen molar-refractivity contribution < 1.29 is 9.53 Å². The third-order valence-electron chi connectivity index (χ3n) is 3.80. The second-order valence-corrected chi connectivity index (χ2v) is 5.22. The maximum atomic E-state index is 11.0. The number of halogens is 1. The van der Waals surface area contributed by atoms with E-state index in [0.717, 1.165) is 18.8 Å². The minimum Gasteiger partial charge on any atom is -0.451 e. The van der Waals surface area contributed by atoms with Crippen LogP contribution in [0, 0.1) is 11.8 Å². The molecule has 2 bridgehead atoms. The molecule has 3 heteroatoms. The Balaban J connectivity index is 2.12. The van der Waals surface area contributed by atoms with Gasteiger partial charge in [0.25, 0.3) is 0 Å². The van der Waals surface area contributed by atoms with Crippen LogP contribution < -0.4 is 0 Å². The molecule has 0 N–H and O–H groups in total. The highest BCUT2D eigenvalue weighted by atomic mass is 127. The third kappa shape index (κ3) is 1.60. The lowest BCUT2D eigenvalue weighted by Crippen LogP contribution is -2.38. The van der Waals surface area contributed by atoms with Crippen molar-refractivity contribution in [1.82, 2.24) is 0 Å². The fraction of sp³-hybridized carbons (Fsp3) is 0.900. The predicted octanol–water partition coefficient (Wildman–Crippen LogP) is 3.53. The predicted molar refractivity (Wildman–Crippen MR) is 59.0 cm³/mol. The molecule has 0 aromatic heterocycles. The average Bonchev–Trinajstić information content (AvgIpc) is 2.62. The Kier molecular flexibility index (Phi) is 2.55. The normalized spacial score (nSPS) is 42.3. The van der Waals surface area contributed by atoms with E-state index in [1.54, 1.807) is 22.6 Å². The molecule has 0 amide bonds. The van der Waals surface area contributed by atoms with Gasteiger partial charge in [-0.2, -0.15) is 0 Å². The van der Waals surface area contributed by atoms with E-state index < -0.39 is 0 Å². The topological polar surface area (TPSA) is 26.3 Å². The lowest BCUT2D eigenvalue weighted by atomic mass is 9.82. The minimum absolute atomic E-state index is 0.0822. The molecule has 0 heterocycles. The SMILES string of the molecule is CCC1(OC(=O)I)CC2CCC1C2. The summed E-state index contributed by atoms with van der Waals surface area (Å²) in [5.74, 6) is 1.49. The molecular formula is C10H15IO2. The lowest BCUT2D eigenvalue weighted by molar-refractivity contribution is -0.0187. The zero-order valence-electron chi connectivity index (χ0n) is 7.88. The minimum atomic E-state index is -0.132. The fourth-order valence-electron chi connectivity index (χ4n) is 3.18. The highest BCUT2D eigenvalue weighted by Gasteiger charge is 2.52. The number of carbonyl (C=O) groups is 1. The highest BCUT2D eigenvalue weighted by molar-refractivity contribution is 14.1. The largest absolute Gasteiger partial charge is 0.451 e. The molecule has 2 aliphatic rings. The Bertz CT molecular complexity index is 229. The van der Waals surface area contributed by atoms with E-state index in [-0.39, 0.29) is 9.58 Å². The average molecular weight is 294 g/mol. The second-order valence-electron chi connectivity index (χ2n) is 4.34. The molecule has 0 aromatic carbocycles. The maximum absolute atomic E-state index is 11.0. The van der Waals surface area contributed by atoms with E-state index in [1.165, 1.54) is 19.3 Å². The monoisotopic (exact) mass is 294 g/mol. The van der Waals surface area contributed by atoms with Gasteiger partial charge in [0.15, 0.2) is 0 Å². The number of ether oxygens (including phenoxy) is 1. The summed E-state index contributed by atoms with van der Waals surface area (Å²) >= 11 is 1.75. The number of hydrogen-bond acceptors (Lipinski definition) is 2. The molecule has 74 valence electrons. The smallest absolute Gasteiger partial charge is 0.367 e. The van der Waals surface area contributed by atoms with Gasteiger partial charge in [-0.25, -0.2) is 4.79 Å². The molecular weight excluding hydrogens is 279 g/mol. The van der Waals surface area contributed by atoms with Crippen molar-refractivity contribution >= 4 is 26.6 Å². The summed E-state index contributed by atoms with van der Waals surface area (Å²) in [6.07, 6.45) is 6.01. The number of rotatable bonds is 2. The number of hydrogen-bond donors (Lipinski definition) is 0. The zero-order chi connectivity index (χ0) is 9.47. The molecule has 2 fully saturated rings. The van der Waals surface area contributed by atoms with Gasteiger partial charge in [0, 0.05) is 0 Å². The van der Waals surface area contributed by atoms with E-state index in [4.69, 9.17) is 4.74 Å². The molecule has 0 spiro atoms.